The predicted molar refractivity (Wildman–Crippen MR) is 110 cm³/mol. The minimum atomic E-state index is -0.0621. The minimum absolute atomic E-state index is 0.0621. The summed E-state index contributed by atoms with van der Waals surface area (Å²) < 4.78 is 4.65. The second-order valence-corrected chi connectivity index (χ2v) is 6.26. The summed E-state index contributed by atoms with van der Waals surface area (Å²) in [5, 5.41) is 11.9. The van der Waals surface area contributed by atoms with Crippen molar-refractivity contribution < 1.29 is 4.74 Å². The first kappa shape index (κ1) is 18.9. The van der Waals surface area contributed by atoms with Gasteiger partial charge in [-0.25, -0.2) is 15.0 Å². The largest absolute Gasteiger partial charge is 0.415 e. The zero-order valence-corrected chi connectivity index (χ0v) is 15.6. The normalized spacial score (nSPS) is 11.4. The number of nitrogens with zero attached hydrogens (tertiary/aromatic N) is 3. The summed E-state index contributed by atoms with van der Waals surface area (Å²) in [6, 6.07) is 12.8. The molecule has 0 bridgehead atoms. The van der Waals surface area contributed by atoms with Crippen LogP contribution in [0.4, 0.5) is 5.82 Å². The van der Waals surface area contributed by atoms with Crippen LogP contribution in [0, 0.1) is 5.41 Å². The van der Waals surface area contributed by atoms with Gasteiger partial charge in [0.05, 0.1) is 17.1 Å². The van der Waals surface area contributed by atoms with Crippen LogP contribution in [-0.2, 0) is 4.74 Å². The number of amidine groups is 1. The van der Waals surface area contributed by atoms with Crippen molar-refractivity contribution in [1.82, 2.24) is 9.97 Å². The van der Waals surface area contributed by atoms with Gasteiger partial charge in [0.15, 0.2) is 12.2 Å². The van der Waals surface area contributed by atoms with Crippen molar-refractivity contribution in [2.45, 2.75) is 0 Å². The van der Waals surface area contributed by atoms with Gasteiger partial charge in [-0.15, -0.1) is 0 Å². The monoisotopic (exact) mass is 402 g/mol. The number of anilines is 1. The number of nitrogens with one attached hydrogen (secondary N) is 2. The summed E-state index contributed by atoms with van der Waals surface area (Å²) >= 11 is 12.3. The first-order chi connectivity index (χ1) is 13.1. The van der Waals surface area contributed by atoms with E-state index in [9.17, 15) is 0 Å². The number of benzene rings is 2. The highest BCUT2D eigenvalue weighted by molar-refractivity contribution is 6.36. The Labute approximate surface area is 165 Å². The number of aromatic nitrogens is 2. The predicted octanol–water partition coefficient (Wildman–Crippen LogP) is 3.95. The van der Waals surface area contributed by atoms with Crippen LogP contribution in [0.15, 0.2) is 47.5 Å². The topological polar surface area (TPSA) is 109 Å². The summed E-state index contributed by atoms with van der Waals surface area (Å²) in [6.45, 7) is 0.825. The van der Waals surface area contributed by atoms with Crippen molar-refractivity contribution in [3.05, 3.63) is 52.5 Å². The Hall–Kier alpha value is -2.90. The molecular formula is C18H16Cl2N6O. The van der Waals surface area contributed by atoms with E-state index in [0.29, 0.717) is 40.3 Å². The van der Waals surface area contributed by atoms with Gasteiger partial charge in [0.2, 0.25) is 0 Å². The van der Waals surface area contributed by atoms with Crippen LogP contribution in [-0.4, -0.2) is 35.5 Å². The van der Waals surface area contributed by atoms with E-state index >= 15 is 0 Å². The average Bonchev–Trinajstić information content (AvgIpc) is 2.65. The van der Waals surface area contributed by atoms with E-state index in [0.717, 1.165) is 17.3 Å². The molecule has 0 aliphatic heterocycles. The Morgan fingerprint density at radius 1 is 1.22 bits per heavy atom. The Bertz CT molecular complexity index is 1010. The van der Waals surface area contributed by atoms with Crippen molar-refractivity contribution in [2.75, 3.05) is 18.4 Å². The van der Waals surface area contributed by atoms with Crippen molar-refractivity contribution in [2.24, 2.45) is 10.7 Å². The molecule has 0 unspecified atom stereocenters. The minimum Gasteiger partial charge on any atom is -0.415 e. The van der Waals surface area contributed by atoms with Crippen molar-refractivity contribution in [3.8, 4) is 11.4 Å². The second-order valence-electron chi connectivity index (χ2n) is 5.42. The molecule has 138 valence electrons. The summed E-state index contributed by atoms with van der Waals surface area (Å²) in [6.07, 6.45) is 0.728. The molecule has 7 nitrogen and oxygen atoms in total. The molecular weight excluding hydrogens is 387 g/mol. The number of rotatable bonds is 6. The van der Waals surface area contributed by atoms with E-state index in [1.165, 1.54) is 0 Å². The highest BCUT2D eigenvalue weighted by Gasteiger charge is 2.12. The Kier molecular flexibility index (Phi) is 6.05. The lowest BCUT2D eigenvalue weighted by Gasteiger charge is -2.11. The number of ether oxygens (including phenoxy) is 1. The van der Waals surface area contributed by atoms with Crippen LogP contribution in [0.1, 0.15) is 0 Å². The van der Waals surface area contributed by atoms with Crippen LogP contribution in [0.25, 0.3) is 22.3 Å². The van der Waals surface area contributed by atoms with Crippen LogP contribution < -0.4 is 11.1 Å². The summed E-state index contributed by atoms with van der Waals surface area (Å²) in [5.41, 5.74) is 6.96. The molecule has 3 rings (SSSR count). The summed E-state index contributed by atoms with van der Waals surface area (Å²) in [5.74, 6) is 1.15. The van der Waals surface area contributed by atoms with E-state index in [-0.39, 0.29) is 6.02 Å². The number of halogens is 2. The fourth-order valence-corrected chi connectivity index (χ4v) is 2.93. The molecule has 0 spiro atoms. The zero-order chi connectivity index (χ0) is 19.2. The first-order valence-electron chi connectivity index (χ1n) is 8.00. The van der Waals surface area contributed by atoms with Crippen LogP contribution in [0.3, 0.4) is 0 Å². The molecule has 0 saturated heterocycles. The number of hydrogen-bond donors (Lipinski definition) is 3. The molecule has 1 heterocycles. The first-order valence-corrected chi connectivity index (χ1v) is 8.75. The van der Waals surface area contributed by atoms with Crippen molar-refractivity contribution in [3.63, 3.8) is 0 Å². The maximum Gasteiger partial charge on any atom is 0.288 e. The fourth-order valence-electron chi connectivity index (χ4n) is 2.44. The molecule has 4 N–H and O–H groups in total. The third-order valence-electron chi connectivity index (χ3n) is 3.63. The average molecular weight is 403 g/mol. The lowest BCUT2D eigenvalue weighted by atomic mass is 10.2. The maximum atomic E-state index is 6.81. The fraction of sp³-hybridized carbons (Fsp3) is 0.111. The number of para-hydroxylation sites is 1. The number of hydrogen-bond acceptors (Lipinski definition) is 6. The zero-order valence-electron chi connectivity index (χ0n) is 14.1. The molecule has 0 amide bonds. The molecule has 0 aliphatic carbocycles. The van der Waals surface area contributed by atoms with Gasteiger partial charge >= 0.3 is 0 Å². The van der Waals surface area contributed by atoms with Crippen LogP contribution >= 0.6 is 23.2 Å². The molecule has 27 heavy (non-hydrogen) atoms. The molecule has 0 atom stereocenters. The van der Waals surface area contributed by atoms with Gasteiger partial charge < -0.3 is 15.8 Å². The van der Waals surface area contributed by atoms with E-state index in [2.05, 4.69) is 25.0 Å². The Morgan fingerprint density at radius 2 is 2.04 bits per heavy atom. The number of aliphatic imine (C=N–C) groups is 1. The van der Waals surface area contributed by atoms with E-state index in [1.54, 1.807) is 18.2 Å². The quantitative estimate of drug-likeness (QED) is 0.328. The van der Waals surface area contributed by atoms with Gasteiger partial charge in [0.25, 0.3) is 6.02 Å². The van der Waals surface area contributed by atoms with E-state index in [4.69, 9.17) is 34.3 Å². The van der Waals surface area contributed by atoms with Gasteiger partial charge in [0.1, 0.15) is 5.82 Å². The lowest BCUT2D eigenvalue weighted by molar-refractivity contribution is 0.551. The van der Waals surface area contributed by atoms with Gasteiger partial charge in [-0.1, -0.05) is 35.3 Å². The smallest absolute Gasteiger partial charge is 0.288 e. The number of fused-ring (bicyclic) bond motifs is 1. The summed E-state index contributed by atoms with van der Waals surface area (Å²) in [4.78, 5) is 13.2. The maximum absolute atomic E-state index is 6.81. The lowest BCUT2D eigenvalue weighted by Crippen LogP contribution is -2.17. The van der Waals surface area contributed by atoms with E-state index < -0.39 is 0 Å². The number of nitrogens with two attached hydrogens (primary N) is 1. The van der Waals surface area contributed by atoms with Gasteiger partial charge in [-0.3, -0.25) is 5.41 Å². The highest BCUT2D eigenvalue weighted by atomic mass is 35.5. The Balaban J connectivity index is 1.91. The highest BCUT2D eigenvalue weighted by Crippen LogP contribution is 2.31. The second kappa shape index (κ2) is 8.66. The third kappa shape index (κ3) is 4.64. The SMILES string of the molecule is N=COC(N)=NCCNc1nc(-c2ccc(Cl)cc2Cl)nc2ccccc12. The van der Waals surface area contributed by atoms with Gasteiger partial charge in [-0.05, 0) is 30.3 Å². The van der Waals surface area contributed by atoms with E-state index in [1.807, 2.05) is 24.3 Å². The standard InChI is InChI=1S/C18H16Cl2N6O/c19-11-5-6-12(14(20)9-11)17-25-15-4-2-1-3-13(15)16(26-17)23-7-8-24-18(22)27-10-21/h1-6,9-10,21H,7-8H2,(H2,22,24)(H,23,25,26). The third-order valence-corrected chi connectivity index (χ3v) is 4.17. The molecule has 0 radical (unpaired) electrons. The molecule has 0 fully saturated rings. The summed E-state index contributed by atoms with van der Waals surface area (Å²) in [7, 11) is 0. The van der Waals surface area contributed by atoms with Gasteiger partial charge in [-0.2, -0.15) is 0 Å². The molecule has 0 aliphatic rings. The van der Waals surface area contributed by atoms with Crippen LogP contribution in [0.2, 0.25) is 10.0 Å². The molecule has 1 aromatic heterocycles. The molecule has 9 heteroatoms. The van der Waals surface area contributed by atoms with Crippen molar-refractivity contribution in [1.29, 1.82) is 5.41 Å². The van der Waals surface area contributed by atoms with Crippen molar-refractivity contribution >= 4 is 52.3 Å². The molecule has 3 aromatic rings. The molecule has 2 aromatic carbocycles. The Morgan fingerprint density at radius 3 is 2.81 bits per heavy atom. The molecule has 0 saturated carbocycles. The van der Waals surface area contributed by atoms with Crippen LogP contribution in [0.5, 0.6) is 0 Å². The van der Waals surface area contributed by atoms with Gasteiger partial charge in [0, 0.05) is 22.5 Å².